The van der Waals surface area contributed by atoms with Crippen LogP contribution in [0.4, 0.5) is 11.5 Å². The molecule has 0 atom stereocenters. The van der Waals surface area contributed by atoms with Gasteiger partial charge in [-0.05, 0) is 12.1 Å². The SMILES string of the molecule is C=Cc1nc(N)ccc1[N+](=O)[O-]. The van der Waals surface area contributed by atoms with E-state index < -0.39 is 4.92 Å². The van der Waals surface area contributed by atoms with Crippen molar-refractivity contribution in [2.75, 3.05) is 5.73 Å². The van der Waals surface area contributed by atoms with Gasteiger partial charge in [0.1, 0.15) is 11.5 Å². The van der Waals surface area contributed by atoms with Gasteiger partial charge in [-0.3, -0.25) is 10.1 Å². The molecule has 0 saturated heterocycles. The highest BCUT2D eigenvalue weighted by atomic mass is 16.6. The molecule has 2 N–H and O–H groups in total. The molecule has 0 bridgehead atoms. The van der Waals surface area contributed by atoms with Crippen molar-refractivity contribution in [2.45, 2.75) is 0 Å². The molecule has 0 aliphatic heterocycles. The highest BCUT2D eigenvalue weighted by molar-refractivity contribution is 5.57. The fraction of sp³-hybridized carbons (Fsp3) is 0. The van der Waals surface area contributed by atoms with E-state index in [4.69, 9.17) is 5.73 Å². The molecule has 0 unspecified atom stereocenters. The van der Waals surface area contributed by atoms with E-state index in [0.717, 1.165) is 0 Å². The van der Waals surface area contributed by atoms with Gasteiger partial charge < -0.3 is 5.73 Å². The van der Waals surface area contributed by atoms with Crippen molar-refractivity contribution in [2.24, 2.45) is 0 Å². The second kappa shape index (κ2) is 3.00. The first-order chi connectivity index (χ1) is 5.65. The van der Waals surface area contributed by atoms with E-state index in [1.54, 1.807) is 0 Å². The molecule has 62 valence electrons. The Balaban J connectivity index is 3.29. The minimum atomic E-state index is -0.524. The van der Waals surface area contributed by atoms with Gasteiger partial charge in [-0.15, -0.1) is 0 Å². The zero-order valence-electron chi connectivity index (χ0n) is 6.23. The Bertz CT molecular complexity index is 335. The third-order valence-corrected chi connectivity index (χ3v) is 1.31. The minimum Gasteiger partial charge on any atom is -0.384 e. The summed E-state index contributed by atoms with van der Waals surface area (Å²) in [5.41, 5.74) is 5.43. The lowest BCUT2D eigenvalue weighted by molar-refractivity contribution is -0.385. The van der Waals surface area contributed by atoms with Crippen molar-refractivity contribution < 1.29 is 4.92 Å². The monoisotopic (exact) mass is 165 g/mol. The highest BCUT2D eigenvalue weighted by Crippen LogP contribution is 2.18. The molecule has 1 heterocycles. The third kappa shape index (κ3) is 1.39. The zero-order chi connectivity index (χ0) is 9.14. The molecule has 0 spiro atoms. The van der Waals surface area contributed by atoms with E-state index >= 15 is 0 Å². The van der Waals surface area contributed by atoms with Crippen LogP contribution in [-0.4, -0.2) is 9.91 Å². The summed E-state index contributed by atoms with van der Waals surface area (Å²) < 4.78 is 0. The second-order valence-corrected chi connectivity index (χ2v) is 2.10. The number of hydrogen-bond acceptors (Lipinski definition) is 4. The third-order valence-electron chi connectivity index (χ3n) is 1.31. The minimum absolute atomic E-state index is 0.0841. The molecular weight excluding hydrogens is 158 g/mol. The van der Waals surface area contributed by atoms with E-state index in [0.29, 0.717) is 0 Å². The molecule has 12 heavy (non-hydrogen) atoms. The van der Waals surface area contributed by atoms with Gasteiger partial charge in [0, 0.05) is 6.07 Å². The molecule has 0 amide bonds. The van der Waals surface area contributed by atoms with Gasteiger partial charge >= 0.3 is 0 Å². The summed E-state index contributed by atoms with van der Waals surface area (Å²) in [5.74, 6) is 0.246. The molecule has 0 aromatic carbocycles. The van der Waals surface area contributed by atoms with Gasteiger partial charge in [-0.2, -0.15) is 0 Å². The number of anilines is 1. The summed E-state index contributed by atoms with van der Waals surface area (Å²) in [7, 11) is 0. The lowest BCUT2D eigenvalue weighted by atomic mass is 10.3. The van der Waals surface area contributed by atoms with Crippen molar-refractivity contribution >= 4 is 17.6 Å². The average molecular weight is 165 g/mol. The lowest BCUT2D eigenvalue weighted by Gasteiger charge is -1.96. The molecule has 1 aromatic heterocycles. The summed E-state index contributed by atoms with van der Waals surface area (Å²) in [6.07, 6.45) is 1.30. The first-order valence-electron chi connectivity index (χ1n) is 3.18. The fourth-order valence-electron chi connectivity index (χ4n) is 0.788. The maximum atomic E-state index is 10.4. The van der Waals surface area contributed by atoms with E-state index in [9.17, 15) is 10.1 Å². The van der Waals surface area contributed by atoms with Crippen molar-refractivity contribution in [3.8, 4) is 0 Å². The zero-order valence-corrected chi connectivity index (χ0v) is 6.23. The normalized spacial score (nSPS) is 9.33. The molecule has 1 aromatic rings. The number of nitrogen functional groups attached to an aromatic ring is 1. The quantitative estimate of drug-likeness (QED) is 0.527. The van der Waals surface area contributed by atoms with Gasteiger partial charge in [0.25, 0.3) is 5.69 Å². The molecule has 0 saturated carbocycles. The average Bonchev–Trinajstić information content (AvgIpc) is 2.03. The van der Waals surface area contributed by atoms with Crippen LogP contribution in [0, 0.1) is 10.1 Å². The van der Waals surface area contributed by atoms with Crippen molar-refractivity contribution in [1.82, 2.24) is 4.98 Å². The van der Waals surface area contributed by atoms with E-state index in [1.807, 2.05) is 0 Å². The number of pyridine rings is 1. The Morgan fingerprint density at radius 3 is 2.83 bits per heavy atom. The first-order valence-corrected chi connectivity index (χ1v) is 3.18. The van der Waals surface area contributed by atoms with Gasteiger partial charge in [-0.25, -0.2) is 4.98 Å². The summed E-state index contributed by atoms with van der Waals surface area (Å²) in [6.45, 7) is 3.39. The predicted molar refractivity (Wildman–Crippen MR) is 45.4 cm³/mol. The van der Waals surface area contributed by atoms with Crippen LogP contribution in [0.15, 0.2) is 18.7 Å². The summed E-state index contributed by atoms with van der Waals surface area (Å²) in [6, 6.07) is 2.68. The molecule has 5 nitrogen and oxygen atoms in total. The summed E-state index contributed by atoms with van der Waals surface area (Å²) >= 11 is 0. The standard InChI is InChI=1S/C7H7N3O2/c1-2-5-6(10(11)12)3-4-7(8)9-5/h2-4H,1H2,(H2,8,9). The van der Waals surface area contributed by atoms with Gasteiger partial charge in [0.05, 0.1) is 4.92 Å². The smallest absolute Gasteiger partial charge is 0.295 e. The van der Waals surface area contributed by atoms with Crippen LogP contribution < -0.4 is 5.73 Å². The summed E-state index contributed by atoms with van der Waals surface area (Å²) in [5, 5.41) is 10.4. The van der Waals surface area contributed by atoms with Crippen LogP contribution >= 0.6 is 0 Å². The number of aromatic nitrogens is 1. The number of nitro groups is 1. The number of nitrogens with zero attached hydrogens (tertiary/aromatic N) is 2. The number of nitrogens with two attached hydrogens (primary N) is 1. The van der Waals surface area contributed by atoms with Gasteiger partial charge in [0.2, 0.25) is 0 Å². The second-order valence-electron chi connectivity index (χ2n) is 2.10. The van der Waals surface area contributed by atoms with Crippen LogP contribution in [0.2, 0.25) is 0 Å². The van der Waals surface area contributed by atoms with Gasteiger partial charge in [0.15, 0.2) is 0 Å². The molecular formula is C7H7N3O2. The van der Waals surface area contributed by atoms with Crippen LogP contribution in [0.5, 0.6) is 0 Å². The first kappa shape index (κ1) is 8.19. The molecule has 1 rings (SSSR count). The molecule has 5 heteroatoms. The Morgan fingerprint density at radius 1 is 1.67 bits per heavy atom. The Hall–Kier alpha value is -1.91. The highest BCUT2D eigenvalue weighted by Gasteiger charge is 2.11. The van der Waals surface area contributed by atoms with Crippen LogP contribution in [-0.2, 0) is 0 Å². The van der Waals surface area contributed by atoms with E-state index in [1.165, 1.54) is 18.2 Å². The molecule has 0 radical (unpaired) electrons. The van der Waals surface area contributed by atoms with Gasteiger partial charge in [-0.1, -0.05) is 6.58 Å². The van der Waals surface area contributed by atoms with Crippen LogP contribution in [0.3, 0.4) is 0 Å². The maximum absolute atomic E-state index is 10.4. The fourth-order valence-corrected chi connectivity index (χ4v) is 0.788. The van der Waals surface area contributed by atoms with Crippen molar-refractivity contribution in [1.29, 1.82) is 0 Å². The van der Waals surface area contributed by atoms with Crippen LogP contribution in [0.1, 0.15) is 5.69 Å². The molecule has 0 aliphatic carbocycles. The Kier molecular flexibility index (Phi) is 2.05. The van der Waals surface area contributed by atoms with E-state index in [2.05, 4.69) is 11.6 Å². The number of rotatable bonds is 2. The molecule has 0 fully saturated rings. The van der Waals surface area contributed by atoms with Crippen molar-refractivity contribution in [3.05, 3.63) is 34.5 Å². The topological polar surface area (TPSA) is 82.0 Å². The summed E-state index contributed by atoms with van der Waals surface area (Å²) in [4.78, 5) is 13.6. The van der Waals surface area contributed by atoms with Crippen molar-refractivity contribution in [3.63, 3.8) is 0 Å². The number of hydrogen-bond donors (Lipinski definition) is 1. The predicted octanol–water partition coefficient (Wildman–Crippen LogP) is 1.22. The Labute approximate surface area is 68.7 Å². The Morgan fingerprint density at radius 2 is 2.33 bits per heavy atom. The van der Waals surface area contributed by atoms with Crippen LogP contribution in [0.25, 0.3) is 6.08 Å². The molecule has 0 aliphatic rings. The largest absolute Gasteiger partial charge is 0.384 e. The van der Waals surface area contributed by atoms with E-state index in [-0.39, 0.29) is 17.2 Å². The maximum Gasteiger partial charge on any atom is 0.295 e. The lowest BCUT2D eigenvalue weighted by Crippen LogP contribution is -1.97.